The van der Waals surface area contributed by atoms with Crippen molar-refractivity contribution in [2.45, 2.75) is 162 Å². The number of rotatable bonds is 11. The van der Waals surface area contributed by atoms with Gasteiger partial charge < -0.3 is 18.0 Å². The van der Waals surface area contributed by atoms with Gasteiger partial charge in [-0.05, 0) is 163 Å². The van der Waals surface area contributed by atoms with Crippen LogP contribution in [-0.4, -0.2) is 56.3 Å². The van der Waals surface area contributed by atoms with Crippen LogP contribution in [0.2, 0.25) is 58.9 Å². The van der Waals surface area contributed by atoms with E-state index >= 15 is 0 Å². The van der Waals surface area contributed by atoms with Crippen molar-refractivity contribution in [2.75, 3.05) is 7.11 Å². The fourth-order valence-electron chi connectivity index (χ4n) is 10.7. The molecule has 0 aromatic rings. The molecule has 4 rings (SSSR count). The average Bonchev–Trinajstić information content (AvgIpc) is 3.20. The van der Waals surface area contributed by atoms with Gasteiger partial charge in [0.25, 0.3) is 0 Å². The molecule has 4 saturated carbocycles. The predicted octanol–water partition coefficient (Wildman–Crippen LogP) is 9.50. The van der Waals surface area contributed by atoms with E-state index in [-0.39, 0.29) is 11.4 Å². The molecule has 0 aliphatic heterocycles. The van der Waals surface area contributed by atoms with Gasteiger partial charge in [0.05, 0.1) is 13.2 Å². The monoisotopic (exact) mass is 652 g/mol. The topological polar surface area (TPSA) is 54.0 Å². The van der Waals surface area contributed by atoms with Crippen molar-refractivity contribution in [3.8, 4) is 0 Å². The van der Waals surface area contributed by atoms with E-state index in [2.05, 4.69) is 79.7 Å². The molecule has 43 heavy (non-hydrogen) atoms. The van der Waals surface area contributed by atoms with Gasteiger partial charge >= 0.3 is 5.97 Å². The van der Waals surface area contributed by atoms with Crippen molar-refractivity contribution in [2.24, 2.45) is 46.3 Å². The maximum absolute atomic E-state index is 11.9. The lowest BCUT2D eigenvalue weighted by molar-refractivity contribution is -0.199. The van der Waals surface area contributed by atoms with Gasteiger partial charge in [-0.2, -0.15) is 0 Å². The van der Waals surface area contributed by atoms with Crippen LogP contribution in [0.15, 0.2) is 0 Å². The van der Waals surface area contributed by atoms with Crippen molar-refractivity contribution in [3.63, 3.8) is 0 Å². The minimum Gasteiger partial charge on any atom is -0.469 e. The van der Waals surface area contributed by atoms with Crippen molar-refractivity contribution < 1.29 is 22.8 Å². The zero-order chi connectivity index (χ0) is 32.2. The molecule has 0 aromatic heterocycles. The number of hydrogen-bond acceptors (Lipinski definition) is 5. The second-order valence-electron chi connectivity index (χ2n) is 18.6. The van der Waals surface area contributed by atoms with Crippen LogP contribution in [0.4, 0.5) is 0 Å². The molecule has 5 unspecified atom stereocenters. The third kappa shape index (κ3) is 7.94. The number of carbonyl (C=O) groups is 1. The van der Waals surface area contributed by atoms with Gasteiger partial charge in [-0.25, -0.2) is 0 Å². The molecule has 0 aromatic carbocycles. The Balaban J connectivity index is 1.70. The standard InChI is InChI=1S/C35H68O5Si3/c1-24(15-14-16-32(36)37-4)27-17-18-28-33-29(23-31(35(27,28)3)40-43(11,12)13)34(2)20-19-26(38-41(5,6)7)21-25(34)22-30(33)39-42(8,9)10/h24-31,33H,14-23H2,1-13H3/t24-,25?,26-,27?,28?,29?,30-,31+,33?,34+,35-/m1/s1. The van der Waals surface area contributed by atoms with Crippen LogP contribution in [0.5, 0.6) is 0 Å². The quantitative estimate of drug-likeness (QED) is 0.164. The van der Waals surface area contributed by atoms with Crippen LogP contribution >= 0.6 is 0 Å². The Morgan fingerprint density at radius 1 is 0.814 bits per heavy atom. The Morgan fingerprint density at radius 3 is 2.02 bits per heavy atom. The Bertz CT molecular complexity index is 970. The highest BCUT2D eigenvalue weighted by atomic mass is 28.4. The summed E-state index contributed by atoms with van der Waals surface area (Å²) >= 11 is 0. The lowest BCUT2D eigenvalue weighted by Crippen LogP contribution is -2.64. The van der Waals surface area contributed by atoms with Gasteiger partial charge in [-0.3, -0.25) is 4.79 Å². The smallest absolute Gasteiger partial charge is 0.305 e. The lowest BCUT2D eigenvalue weighted by Gasteiger charge is -2.66. The van der Waals surface area contributed by atoms with Crippen molar-refractivity contribution in [3.05, 3.63) is 0 Å². The van der Waals surface area contributed by atoms with Gasteiger partial charge in [0.1, 0.15) is 0 Å². The molecule has 0 heterocycles. The van der Waals surface area contributed by atoms with Crippen molar-refractivity contribution >= 4 is 30.9 Å². The molecule has 5 nitrogen and oxygen atoms in total. The number of methoxy groups -OCH3 is 1. The zero-order valence-corrected chi connectivity index (χ0v) is 33.3. The Labute approximate surface area is 268 Å². The molecule has 8 heteroatoms. The fraction of sp³-hybridized carbons (Fsp3) is 0.971. The first-order valence-corrected chi connectivity index (χ1v) is 28.0. The Hall–Kier alpha value is 0.000649. The summed E-state index contributed by atoms with van der Waals surface area (Å²) in [5.74, 6) is 3.67. The van der Waals surface area contributed by atoms with Crippen LogP contribution in [0.25, 0.3) is 0 Å². The Morgan fingerprint density at radius 2 is 1.44 bits per heavy atom. The molecule has 4 aliphatic rings. The number of hydrogen-bond donors (Lipinski definition) is 0. The van der Waals surface area contributed by atoms with E-state index in [1.807, 2.05) is 0 Å². The molecule has 0 N–H and O–H groups in total. The maximum atomic E-state index is 11.9. The zero-order valence-electron chi connectivity index (χ0n) is 30.3. The fourth-order valence-corrected chi connectivity index (χ4v) is 14.3. The van der Waals surface area contributed by atoms with Gasteiger partial charge in [-0.1, -0.05) is 20.8 Å². The molecule has 0 saturated heterocycles. The summed E-state index contributed by atoms with van der Waals surface area (Å²) in [6.07, 6.45) is 12.3. The highest BCUT2D eigenvalue weighted by Crippen LogP contribution is 2.69. The molecule has 0 bridgehead atoms. The summed E-state index contributed by atoms with van der Waals surface area (Å²) in [5.41, 5.74) is 0.477. The van der Waals surface area contributed by atoms with E-state index in [0.717, 1.165) is 12.8 Å². The van der Waals surface area contributed by atoms with E-state index < -0.39 is 25.0 Å². The molecule has 0 amide bonds. The number of ether oxygens (including phenoxy) is 1. The third-order valence-corrected chi connectivity index (χ3v) is 15.3. The third-order valence-electron chi connectivity index (χ3n) is 12.2. The highest BCUT2D eigenvalue weighted by Gasteiger charge is 2.67. The summed E-state index contributed by atoms with van der Waals surface area (Å²) in [7, 11) is -3.60. The first kappa shape index (κ1) is 35.8. The van der Waals surface area contributed by atoms with E-state index in [4.69, 9.17) is 18.0 Å². The number of carbonyl (C=O) groups excluding carboxylic acids is 1. The van der Waals surface area contributed by atoms with Crippen LogP contribution < -0.4 is 0 Å². The van der Waals surface area contributed by atoms with Gasteiger partial charge in [0.2, 0.25) is 0 Å². The second-order valence-corrected chi connectivity index (χ2v) is 32.0. The normalized spacial score (nSPS) is 40.8. The molecule has 11 atom stereocenters. The van der Waals surface area contributed by atoms with Crippen molar-refractivity contribution in [1.82, 2.24) is 0 Å². The van der Waals surface area contributed by atoms with Gasteiger partial charge in [-0.15, -0.1) is 0 Å². The van der Waals surface area contributed by atoms with E-state index in [0.29, 0.717) is 65.7 Å². The van der Waals surface area contributed by atoms with E-state index in [9.17, 15) is 4.79 Å². The molecule has 4 fully saturated rings. The molecule has 0 spiro atoms. The highest BCUT2D eigenvalue weighted by molar-refractivity contribution is 6.70. The number of esters is 1. The summed E-state index contributed by atoms with van der Waals surface area (Å²) in [4.78, 5) is 11.9. The maximum Gasteiger partial charge on any atom is 0.305 e. The van der Waals surface area contributed by atoms with Crippen LogP contribution in [0.1, 0.15) is 85.0 Å². The summed E-state index contributed by atoms with van der Waals surface area (Å²) < 4.78 is 26.4. The van der Waals surface area contributed by atoms with Crippen LogP contribution in [-0.2, 0) is 22.8 Å². The minimum absolute atomic E-state index is 0.0792. The van der Waals surface area contributed by atoms with E-state index in [1.165, 1.54) is 52.1 Å². The molecule has 4 aliphatic carbocycles. The van der Waals surface area contributed by atoms with Crippen LogP contribution in [0.3, 0.4) is 0 Å². The Kier molecular flexibility index (Phi) is 10.7. The lowest BCUT2D eigenvalue weighted by atomic mass is 9.43. The first-order chi connectivity index (χ1) is 19.7. The average molecular weight is 653 g/mol. The summed E-state index contributed by atoms with van der Waals surface area (Å²) in [5, 5.41) is 0. The second kappa shape index (κ2) is 12.9. The number of fused-ring (bicyclic) bond motifs is 5. The predicted molar refractivity (Wildman–Crippen MR) is 186 cm³/mol. The minimum atomic E-state index is -1.78. The van der Waals surface area contributed by atoms with Gasteiger partial charge in [0, 0.05) is 18.6 Å². The van der Waals surface area contributed by atoms with Gasteiger partial charge in [0.15, 0.2) is 25.0 Å². The summed E-state index contributed by atoms with van der Waals surface area (Å²) in [6, 6.07) is 0. The molecule has 0 radical (unpaired) electrons. The molecular weight excluding hydrogens is 585 g/mol. The van der Waals surface area contributed by atoms with Crippen LogP contribution in [0, 0.1) is 46.3 Å². The molecule has 250 valence electrons. The molecular formula is C35H68O5Si3. The van der Waals surface area contributed by atoms with Crippen molar-refractivity contribution in [1.29, 1.82) is 0 Å². The largest absolute Gasteiger partial charge is 0.469 e. The van der Waals surface area contributed by atoms with E-state index in [1.54, 1.807) is 0 Å². The SMILES string of the molecule is COC(=O)CCC[C@@H](C)C1CCC2C3C(C[C@H](O[Si](C)(C)C)[C@@]21C)[C@@]1(C)CC[C@@H](O[Si](C)(C)C)CC1C[C@H]3O[Si](C)(C)C. The summed E-state index contributed by atoms with van der Waals surface area (Å²) in [6.45, 7) is 29.2. The first-order valence-electron chi connectivity index (χ1n) is 17.8.